The molecule has 2 aromatic rings. The summed E-state index contributed by atoms with van der Waals surface area (Å²) < 4.78 is 13.2. The van der Waals surface area contributed by atoms with Crippen molar-refractivity contribution in [3.63, 3.8) is 0 Å². The van der Waals surface area contributed by atoms with Crippen molar-refractivity contribution in [2.45, 2.75) is 32.6 Å². The van der Waals surface area contributed by atoms with Crippen molar-refractivity contribution in [1.82, 2.24) is 4.98 Å². The van der Waals surface area contributed by atoms with Crippen LogP contribution in [0.15, 0.2) is 24.4 Å². The zero-order valence-corrected chi connectivity index (χ0v) is 9.18. The third kappa shape index (κ3) is 1.76. The Morgan fingerprint density at radius 2 is 2.00 bits per heavy atom. The number of fused-ring (bicyclic) bond motifs is 1. The molecule has 0 bridgehead atoms. The average Bonchev–Trinajstić information content (AvgIpc) is 2.64. The van der Waals surface area contributed by atoms with Crippen LogP contribution < -0.4 is 0 Å². The molecule has 2 heteroatoms. The van der Waals surface area contributed by atoms with Crippen LogP contribution in [-0.4, -0.2) is 4.98 Å². The Balaban J connectivity index is 2.55. The fraction of sp³-hybridized carbons (Fsp3) is 0.385. The number of halogens is 1. The van der Waals surface area contributed by atoms with E-state index in [1.165, 1.54) is 11.6 Å². The van der Waals surface area contributed by atoms with Gasteiger partial charge in [0.15, 0.2) is 0 Å². The summed E-state index contributed by atoms with van der Waals surface area (Å²) in [7, 11) is 0. The summed E-state index contributed by atoms with van der Waals surface area (Å²) in [5.41, 5.74) is 2.27. The highest BCUT2D eigenvalue weighted by molar-refractivity contribution is 5.83. The van der Waals surface area contributed by atoms with Gasteiger partial charge in [-0.15, -0.1) is 0 Å². The van der Waals surface area contributed by atoms with Gasteiger partial charge in [-0.25, -0.2) is 4.39 Å². The number of nitrogens with one attached hydrogen (secondary N) is 1. The summed E-state index contributed by atoms with van der Waals surface area (Å²) in [6.07, 6.45) is 4.21. The Kier molecular flexibility index (Phi) is 2.76. The molecule has 0 saturated heterocycles. The molecule has 1 N–H and O–H groups in total. The molecule has 0 aliphatic carbocycles. The van der Waals surface area contributed by atoms with Gasteiger partial charge >= 0.3 is 0 Å². The number of benzene rings is 1. The van der Waals surface area contributed by atoms with E-state index in [-0.39, 0.29) is 5.82 Å². The van der Waals surface area contributed by atoms with Crippen molar-refractivity contribution < 1.29 is 4.39 Å². The fourth-order valence-electron chi connectivity index (χ4n) is 2.18. The molecule has 0 amide bonds. The van der Waals surface area contributed by atoms with Gasteiger partial charge in [-0.05, 0) is 42.5 Å². The quantitative estimate of drug-likeness (QED) is 0.772. The van der Waals surface area contributed by atoms with Crippen LogP contribution in [0.25, 0.3) is 10.9 Å². The van der Waals surface area contributed by atoms with E-state index in [0.717, 1.165) is 23.7 Å². The third-order valence-corrected chi connectivity index (χ3v) is 3.10. The molecule has 0 radical (unpaired) electrons. The summed E-state index contributed by atoms with van der Waals surface area (Å²) >= 11 is 0. The molecule has 1 aromatic heterocycles. The minimum absolute atomic E-state index is 0.158. The molecule has 0 saturated carbocycles. The van der Waals surface area contributed by atoms with Gasteiger partial charge in [-0.2, -0.15) is 0 Å². The SMILES string of the molecule is CCC(CC)c1c[nH]c2ccc(F)cc12. The first kappa shape index (κ1) is 10.2. The van der Waals surface area contributed by atoms with Crippen molar-refractivity contribution in [2.24, 2.45) is 0 Å². The number of hydrogen-bond acceptors (Lipinski definition) is 0. The Morgan fingerprint density at radius 1 is 1.27 bits per heavy atom. The first-order chi connectivity index (χ1) is 7.26. The maximum Gasteiger partial charge on any atom is 0.123 e. The van der Waals surface area contributed by atoms with Crippen LogP contribution in [0.2, 0.25) is 0 Å². The van der Waals surface area contributed by atoms with E-state index in [4.69, 9.17) is 0 Å². The van der Waals surface area contributed by atoms with E-state index < -0.39 is 0 Å². The van der Waals surface area contributed by atoms with Crippen molar-refractivity contribution >= 4 is 10.9 Å². The molecule has 0 aliphatic heterocycles. The van der Waals surface area contributed by atoms with Crippen molar-refractivity contribution in [1.29, 1.82) is 0 Å². The maximum atomic E-state index is 13.2. The molecular weight excluding hydrogens is 189 g/mol. The minimum atomic E-state index is -0.158. The largest absolute Gasteiger partial charge is 0.361 e. The lowest BCUT2D eigenvalue weighted by molar-refractivity contribution is 0.627. The van der Waals surface area contributed by atoms with Gasteiger partial charge in [0.1, 0.15) is 5.82 Å². The highest BCUT2D eigenvalue weighted by Crippen LogP contribution is 2.30. The highest BCUT2D eigenvalue weighted by atomic mass is 19.1. The molecule has 0 atom stereocenters. The van der Waals surface area contributed by atoms with Crippen molar-refractivity contribution in [2.75, 3.05) is 0 Å². The minimum Gasteiger partial charge on any atom is -0.361 e. The van der Waals surface area contributed by atoms with Crippen LogP contribution in [0.5, 0.6) is 0 Å². The van der Waals surface area contributed by atoms with Gasteiger partial charge in [0.05, 0.1) is 0 Å². The predicted molar refractivity (Wildman–Crippen MR) is 61.6 cm³/mol. The van der Waals surface area contributed by atoms with E-state index in [1.54, 1.807) is 12.1 Å². The molecule has 15 heavy (non-hydrogen) atoms. The smallest absolute Gasteiger partial charge is 0.123 e. The lowest BCUT2D eigenvalue weighted by Crippen LogP contribution is -1.93. The standard InChI is InChI=1S/C13H16FN/c1-3-9(4-2)12-8-15-13-6-5-10(14)7-11(12)13/h5-9,15H,3-4H2,1-2H3. The lowest BCUT2D eigenvalue weighted by Gasteiger charge is -2.10. The van der Waals surface area contributed by atoms with E-state index in [0.29, 0.717) is 5.92 Å². The molecule has 0 spiro atoms. The molecule has 1 aromatic carbocycles. The van der Waals surface area contributed by atoms with Crippen LogP contribution >= 0.6 is 0 Å². The Hall–Kier alpha value is -1.31. The number of rotatable bonds is 3. The molecule has 1 nitrogen and oxygen atoms in total. The monoisotopic (exact) mass is 205 g/mol. The zero-order valence-electron chi connectivity index (χ0n) is 9.18. The first-order valence-electron chi connectivity index (χ1n) is 5.52. The van der Waals surface area contributed by atoms with Gasteiger partial charge in [0, 0.05) is 17.1 Å². The zero-order chi connectivity index (χ0) is 10.8. The number of aromatic amines is 1. The first-order valence-corrected chi connectivity index (χ1v) is 5.52. The number of aromatic nitrogens is 1. The van der Waals surface area contributed by atoms with Crippen LogP contribution in [0.1, 0.15) is 38.2 Å². The molecule has 0 aliphatic rings. The fourth-order valence-corrected chi connectivity index (χ4v) is 2.18. The molecule has 1 heterocycles. The van der Waals surface area contributed by atoms with E-state index in [9.17, 15) is 4.39 Å². The van der Waals surface area contributed by atoms with Gasteiger partial charge in [-0.3, -0.25) is 0 Å². The van der Waals surface area contributed by atoms with Gasteiger partial charge in [-0.1, -0.05) is 13.8 Å². The second kappa shape index (κ2) is 4.05. The van der Waals surface area contributed by atoms with Crippen LogP contribution in [0, 0.1) is 5.82 Å². The second-order valence-electron chi connectivity index (χ2n) is 3.95. The summed E-state index contributed by atoms with van der Waals surface area (Å²) in [4.78, 5) is 3.20. The summed E-state index contributed by atoms with van der Waals surface area (Å²) in [6, 6.07) is 4.92. The Morgan fingerprint density at radius 3 is 2.67 bits per heavy atom. The molecule has 80 valence electrons. The number of H-pyrrole nitrogens is 1. The Bertz CT molecular complexity index is 455. The summed E-state index contributed by atoms with van der Waals surface area (Å²) in [6.45, 7) is 4.35. The van der Waals surface area contributed by atoms with E-state index in [2.05, 4.69) is 18.8 Å². The lowest BCUT2D eigenvalue weighted by atomic mass is 9.94. The topological polar surface area (TPSA) is 15.8 Å². The molecule has 0 unspecified atom stereocenters. The second-order valence-corrected chi connectivity index (χ2v) is 3.95. The van der Waals surface area contributed by atoms with Crippen molar-refractivity contribution in [3.8, 4) is 0 Å². The average molecular weight is 205 g/mol. The van der Waals surface area contributed by atoms with Crippen LogP contribution in [0.3, 0.4) is 0 Å². The van der Waals surface area contributed by atoms with Crippen LogP contribution in [-0.2, 0) is 0 Å². The third-order valence-electron chi connectivity index (χ3n) is 3.10. The van der Waals surface area contributed by atoms with Gasteiger partial charge in [0.25, 0.3) is 0 Å². The summed E-state index contributed by atoms with van der Waals surface area (Å²) in [5, 5.41) is 1.03. The molecular formula is C13H16FN. The Labute approximate surface area is 89.3 Å². The normalized spacial score (nSPS) is 11.5. The predicted octanol–water partition coefficient (Wildman–Crippen LogP) is 4.21. The summed E-state index contributed by atoms with van der Waals surface area (Å²) in [5.74, 6) is 0.370. The molecule has 2 rings (SSSR count). The van der Waals surface area contributed by atoms with E-state index in [1.807, 2.05) is 6.20 Å². The molecule has 0 fully saturated rings. The number of hydrogen-bond donors (Lipinski definition) is 1. The van der Waals surface area contributed by atoms with Crippen LogP contribution in [0.4, 0.5) is 4.39 Å². The van der Waals surface area contributed by atoms with E-state index >= 15 is 0 Å². The van der Waals surface area contributed by atoms with Gasteiger partial charge < -0.3 is 4.98 Å². The van der Waals surface area contributed by atoms with Crippen molar-refractivity contribution in [3.05, 3.63) is 35.8 Å². The van der Waals surface area contributed by atoms with Gasteiger partial charge in [0.2, 0.25) is 0 Å². The highest BCUT2D eigenvalue weighted by Gasteiger charge is 2.12. The maximum absolute atomic E-state index is 13.2.